The number of hydrogen-bond donors (Lipinski definition) is 0. The van der Waals surface area contributed by atoms with E-state index in [1.165, 1.54) is 0 Å². The molecule has 1 rings (SSSR count). The van der Waals surface area contributed by atoms with Crippen LogP contribution in [0, 0.1) is 24.2 Å². The first-order valence-corrected chi connectivity index (χ1v) is 7.10. The summed E-state index contributed by atoms with van der Waals surface area (Å²) in [4.78, 5) is 1.39. The number of likely N-dealkylation sites (N-methyl/N-ethyl adjacent to an activating group) is 1. The lowest BCUT2D eigenvalue weighted by Crippen LogP contribution is -2.51. The van der Waals surface area contributed by atoms with Gasteiger partial charge in [0.25, 0.3) is 0 Å². The van der Waals surface area contributed by atoms with Gasteiger partial charge in [-0.05, 0) is 32.4 Å². The topological polar surface area (TPSA) is 12.5 Å². The Morgan fingerprint density at radius 1 is 1.33 bits per heavy atom. The molecule has 0 unspecified atom stereocenters. The van der Waals surface area contributed by atoms with Gasteiger partial charge in [-0.2, -0.15) is 0 Å². The van der Waals surface area contributed by atoms with Crippen LogP contribution in [-0.4, -0.2) is 42.1 Å². The molecule has 4 atom stereocenters. The maximum absolute atomic E-state index is 6.75. The van der Waals surface area contributed by atoms with Crippen LogP contribution < -0.4 is 0 Å². The van der Waals surface area contributed by atoms with Crippen LogP contribution in [0.5, 0.6) is 0 Å². The number of rotatable bonds is 4. The van der Waals surface area contributed by atoms with Gasteiger partial charge in [0, 0.05) is 0 Å². The van der Waals surface area contributed by atoms with E-state index >= 15 is 0 Å². The minimum absolute atomic E-state index is 0.0685. The van der Waals surface area contributed by atoms with Crippen LogP contribution in [0.4, 0.5) is 0 Å². The lowest BCUT2D eigenvalue weighted by molar-refractivity contribution is -0.00359. The molecule has 104 valence electrons. The number of halogens is 1. The third-order valence-electron chi connectivity index (χ3n) is 3.60. The van der Waals surface area contributed by atoms with E-state index in [9.17, 15) is 0 Å². The summed E-state index contributed by atoms with van der Waals surface area (Å²) in [6.45, 7) is 8.63. The number of hydrogen-bond acceptors (Lipinski definition) is 2. The average Bonchev–Trinajstić information content (AvgIpc) is 2.51. The Labute approximate surface area is 117 Å². The van der Waals surface area contributed by atoms with E-state index in [4.69, 9.17) is 22.8 Å². The van der Waals surface area contributed by atoms with Gasteiger partial charge in [-0.25, -0.2) is 0 Å². The molecule has 3 heteroatoms. The fraction of sp³-hybridized carbons (Fsp3) is 0.867. The van der Waals surface area contributed by atoms with E-state index in [2.05, 4.69) is 38.5 Å². The highest BCUT2D eigenvalue weighted by molar-refractivity contribution is 6.27. The van der Waals surface area contributed by atoms with E-state index in [-0.39, 0.29) is 18.2 Å². The number of alkyl halides is 1. The largest absolute Gasteiger partial charge is 0.370 e. The van der Waals surface area contributed by atoms with Crippen molar-refractivity contribution in [2.24, 2.45) is 11.8 Å². The van der Waals surface area contributed by atoms with Gasteiger partial charge in [-0.3, -0.25) is 0 Å². The molecular weight excluding hydrogens is 246 g/mol. The first-order chi connectivity index (χ1) is 8.24. The molecule has 1 aliphatic heterocycles. The van der Waals surface area contributed by atoms with Gasteiger partial charge in [0.2, 0.25) is 0 Å². The Bertz CT molecular complexity index is 321. The zero-order valence-corrected chi connectivity index (χ0v) is 13.2. The normalized spacial score (nSPS) is 36.6. The average molecular weight is 272 g/mol. The molecule has 0 bridgehead atoms. The Morgan fingerprint density at radius 2 is 1.89 bits per heavy atom. The minimum Gasteiger partial charge on any atom is -0.370 e. The Hall–Kier alpha value is -0.230. The molecule has 0 aromatic rings. The van der Waals surface area contributed by atoms with Gasteiger partial charge in [-0.1, -0.05) is 33.6 Å². The van der Waals surface area contributed by atoms with Crippen molar-refractivity contribution < 1.29 is 4.74 Å². The van der Waals surface area contributed by atoms with Gasteiger partial charge in [0.15, 0.2) is 0 Å². The summed E-state index contributed by atoms with van der Waals surface area (Å²) in [5.74, 6) is 3.69. The fourth-order valence-electron chi connectivity index (χ4n) is 2.97. The van der Waals surface area contributed by atoms with E-state index in [1.807, 2.05) is 14.1 Å². The molecule has 0 aromatic heterocycles. The summed E-state index contributed by atoms with van der Waals surface area (Å²) in [6.07, 6.45) is 6.75. The summed E-state index contributed by atoms with van der Waals surface area (Å²) >= 11 is 6.75. The first kappa shape index (κ1) is 15.8. The van der Waals surface area contributed by atoms with E-state index in [1.54, 1.807) is 0 Å². The highest BCUT2D eigenvalue weighted by Crippen LogP contribution is 2.43. The number of terminal acetylenes is 1. The third kappa shape index (κ3) is 2.85. The standard InChI is InChI=1S/C15H26ClNO/c1-8-15(16)13(17(6)7)12(9-10(2)3)18-14(15)11(4)5/h1,10-14H,9H2,2-7H3/t12-,13-,14+,15-/m1/s1. The maximum Gasteiger partial charge on any atom is 0.149 e. The number of nitrogens with zero attached hydrogens (tertiary/aromatic N) is 1. The monoisotopic (exact) mass is 271 g/mol. The Balaban J connectivity index is 3.07. The number of ether oxygens (including phenoxy) is 1. The van der Waals surface area contributed by atoms with Crippen LogP contribution in [-0.2, 0) is 4.74 Å². The second-order valence-electron chi connectivity index (χ2n) is 6.29. The maximum atomic E-state index is 6.75. The second kappa shape index (κ2) is 5.82. The van der Waals surface area contributed by atoms with E-state index < -0.39 is 4.87 Å². The SMILES string of the molecule is C#C[C@]1(Cl)[C@H](C(C)C)O[C@H](CC(C)C)[C@H]1N(C)C. The summed E-state index contributed by atoms with van der Waals surface area (Å²) < 4.78 is 6.20. The molecule has 1 saturated heterocycles. The molecule has 18 heavy (non-hydrogen) atoms. The Morgan fingerprint density at radius 3 is 2.22 bits per heavy atom. The van der Waals surface area contributed by atoms with Gasteiger partial charge in [-0.15, -0.1) is 18.0 Å². The van der Waals surface area contributed by atoms with Crippen molar-refractivity contribution in [3.8, 4) is 12.3 Å². The third-order valence-corrected chi connectivity index (χ3v) is 4.15. The molecule has 0 amide bonds. The summed E-state index contributed by atoms with van der Waals surface area (Å²) in [6, 6.07) is 0.0685. The summed E-state index contributed by atoms with van der Waals surface area (Å²) in [5, 5.41) is 0. The van der Waals surface area contributed by atoms with Crippen LogP contribution in [0.2, 0.25) is 0 Å². The molecule has 0 N–H and O–H groups in total. The lowest BCUT2D eigenvalue weighted by Gasteiger charge is -2.34. The molecule has 0 radical (unpaired) electrons. The fourth-order valence-corrected chi connectivity index (χ4v) is 3.61. The molecule has 1 heterocycles. The second-order valence-corrected chi connectivity index (χ2v) is 6.91. The Kier molecular flexibility index (Phi) is 5.12. The predicted molar refractivity (Wildman–Crippen MR) is 77.8 cm³/mol. The van der Waals surface area contributed by atoms with Gasteiger partial charge in [0.05, 0.1) is 18.2 Å². The zero-order chi connectivity index (χ0) is 14.1. The van der Waals surface area contributed by atoms with Crippen molar-refractivity contribution in [1.82, 2.24) is 4.90 Å². The minimum atomic E-state index is -0.725. The molecule has 1 fully saturated rings. The van der Waals surface area contributed by atoms with Crippen molar-refractivity contribution in [2.75, 3.05) is 14.1 Å². The van der Waals surface area contributed by atoms with Crippen molar-refractivity contribution in [3.05, 3.63) is 0 Å². The summed E-state index contributed by atoms with van der Waals surface area (Å²) in [5.41, 5.74) is 0. The quantitative estimate of drug-likeness (QED) is 0.576. The highest BCUT2D eigenvalue weighted by Gasteiger charge is 2.56. The van der Waals surface area contributed by atoms with E-state index in [0.717, 1.165) is 6.42 Å². The molecule has 1 aliphatic rings. The lowest BCUT2D eigenvalue weighted by atomic mass is 9.85. The van der Waals surface area contributed by atoms with Crippen LogP contribution in [0.25, 0.3) is 0 Å². The molecular formula is C15H26ClNO. The van der Waals surface area contributed by atoms with Gasteiger partial charge < -0.3 is 9.64 Å². The van der Waals surface area contributed by atoms with Gasteiger partial charge in [0.1, 0.15) is 4.87 Å². The van der Waals surface area contributed by atoms with E-state index in [0.29, 0.717) is 11.8 Å². The van der Waals surface area contributed by atoms with Crippen molar-refractivity contribution in [3.63, 3.8) is 0 Å². The van der Waals surface area contributed by atoms with Crippen LogP contribution in [0.3, 0.4) is 0 Å². The summed E-state index contributed by atoms with van der Waals surface area (Å²) in [7, 11) is 4.05. The molecule has 0 saturated carbocycles. The van der Waals surface area contributed by atoms with Crippen LogP contribution >= 0.6 is 11.6 Å². The predicted octanol–water partition coefficient (Wildman–Crippen LogP) is 3.00. The first-order valence-electron chi connectivity index (χ1n) is 6.72. The van der Waals surface area contributed by atoms with Crippen molar-refractivity contribution in [2.45, 2.75) is 57.2 Å². The molecule has 0 spiro atoms. The molecule has 2 nitrogen and oxygen atoms in total. The smallest absolute Gasteiger partial charge is 0.149 e. The van der Waals surface area contributed by atoms with Crippen molar-refractivity contribution >= 4 is 11.6 Å². The van der Waals surface area contributed by atoms with Crippen LogP contribution in [0.1, 0.15) is 34.1 Å². The molecule has 0 aliphatic carbocycles. The molecule has 0 aromatic carbocycles. The van der Waals surface area contributed by atoms with Crippen LogP contribution in [0.15, 0.2) is 0 Å². The zero-order valence-electron chi connectivity index (χ0n) is 12.4. The van der Waals surface area contributed by atoms with Gasteiger partial charge >= 0.3 is 0 Å². The van der Waals surface area contributed by atoms with Crippen molar-refractivity contribution in [1.29, 1.82) is 0 Å². The highest BCUT2D eigenvalue weighted by atomic mass is 35.5.